The van der Waals surface area contributed by atoms with Crippen LogP contribution < -0.4 is 0 Å². The monoisotopic (exact) mass is 316 g/mol. The molecule has 0 saturated carbocycles. The van der Waals surface area contributed by atoms with Crippen LogP contribution in [0.25, 0.3) is 5.57 Å². The number of hydrogen-bond donors (Lipinski definition) is 1. The summed E-state index contributed by atoms with van der Waals surface area (Å²) in [5.74, 6) is -1.15. The third-order valence-corrected chi connectivity index (χ3v) is 2.97. The largest absolute Gasteiger partial charge is 0.505 e. The molecule has 1 aromatic rings. The van der Waals surface area contributed by atoms with E-state index < -0.39 is 5.82 Å². The lowest BCUT2D eigenvalue weighted by atomic mass is 9.98. The van der Waals surface area contributed by atoms with Crippen molar-refractivity contribution in [3.8, 4) is 5.75 Å². The summed E-state index contributed by atoms with van der Waals surface area (Å²) < 4.78 is 13.4. The number of allylic oxidation sites excluding steroid dienone is 7. The Morgan fingerprint density at radius 2 is 1.87 bits per heavy atom. The second-order valence-electron chi connectivity index (χ2n) is 4.68. The lowest BCUT2D eigenvalue weighted by molar-refractivity contribution is -0.113. The summed E-state index contributed by atoms with van der Waals surface area (Å²) in [5, 5.41) is 9.19. The summed E-state index contributed by atoms with van der Waals surface area (Å²) in [6.45, 7) is 13.0. The van der Waals surface area contributed by atoms with Crippen LogP contribution in [0.5, 0.6) is 5.75 Å². The number of ketones is 1. The van der Waals surface area contributed by atoms with E-state index in [1.54, 1.807) is 31.2 Å². The Kier molecular flexibility index (Phi) is 9.24. The van der Waals surface area contributed by atoms with Gasteiger partial charge in [0.25, 0.3) is 0 Å². The lowest BCUT2D eigenvalue weighted by Gasteiger charge is -2.07. The van der Waals surface area contributed by atoms with Crippen LogP contribution in [-0.2, 0) is 4.79 Å². The molecule has 0 aromatic heterocycles. The van der Waals surface area contributed by atoms with E-state index in [-0.39, 0.29) is 11.5 Å². The first-order chi connectivity index (χ1) is 10.9. The summed E-state index contributed by atoms with van der Waals surface area (Å²) in [4.78, 5) is 11.6. The highest BCUT2D eigenvalue weighted by Crippen LogP contribution is 2.23. The zero-order valence-corrected chi connectivity index (χ0v) is 14.5. The first kappa shape index (κ1) is 20.6. The van der Waals surface area contributed by atoms with Crippen molar-refractivity contribution in [1.29, 1.82) is 0 Å². The molecule has 1 N–H and O–H groups in total. The van der Waals surface area contributed by atoms with Gasteiger partial charge in [-0.2, -0.15) is 0 Å². The van der Waals surface area contributed by atoms with Crippen molar-refractivity contribution in [2.24, 2.45) is 0 Å². The Balaban J connectivity index is 0.00000232. The van der Waals surface area contributed by atoms with Gasteiger partial charge in [-0.1, -0.05) is 50.8 Å². The number of benzene rings is 1. The van der Waals surface area contributed by atoms with Crippen molar-refractivity contribution in [2.45, 2.75) is 34.6 Å². The second-order valence-corrected chi connectivity index (χ2v) is 4.68. The molecule has 0 unspecified atom stereocenters. The molecule has 1 rings (SSSR count). The van der Waals surface area contributed by atoms with Crippen LogP contribution in [0.15, 0.2) is 60.2 Å². The van der Waals surface area contributed by atoms with Crippen LogP contribution in [0, 0.1) is 5.82 Å². The average Bonchev–Trinajstić information content (AvgIpc) is 2.52. The fraction of sp³-hybridized carbons (Fsp3) is 0.250. The highest BCUT2D eigenvalue weighted by atomic mass is 19.1. The molecule has 0 heterocycles. The third-order valence-electron chi connectivity index (χ3n) is 2.97. The molecule has 0 fully saturated rings. The molecule has 23 heavy (non-hydrogen) atoms. The lowest BCUT2D eigenvalue weighted by Crippen LogP contribution is -1.98. The Morgan fingerprint density at radius 1 is 1.26 bits per heavy atom. The van der Waals surface area contributed by atoms with Gasteiger partial charge in [-0.05, 0) is 49.6 Å². The molecule has 0 aliphatic heterocycles. The Morgan fingerprint density at radius 3 is 2.35 bits per heavy atom. The van der Waals surface area contributed by atoms with Gasteiger partial charge in [0, 0.05) is 5.57 Å². The third kappa shape index (κ3) is 6.47. The van der Waals surface area contributed by atoms with E-state index in [4.69, 9.17) is 0 Å². The van der Waals surface area contributed by atoms with E-state index in [1.165, 1.54) is 19.1 Å². The summed E-state index contributed by atoms with van der Waals surface area (Å²) in [7, 11) is 0. The van der Waals surface area contributed by atoms with E-state index in [9.17, 15) is 14.3 Å². The van der Waals surface area contributed by atoms with Gasteiger partial charge >= 0.3 is 0 Å². The molecule has 0 atom stereocenters. The minimum atomic E-state index is -0.679. The number of carbonyl (C=O) groups is 1. The average molecular weight is 316 g/mol. The number of phenols is 1. The van der Waals surface area contributed by atoms with Crippen LogP contribution >= 0.6 is 0 Å². The molecular weight excluding hydrogens is 291 g/mol. The van der Waals surface area contributed by atoms with Crippen LogP contribution in [0.3, 0.4) is 0 Å². The van der Waals surface area contributed by atoms with E-state index in [2.05, 4.69) is 6.58 Å². The number of halogens is 1. The number of rotatable bonds is 5. The molecule has 124 valence electrons. The minimum absolute atomic E-state index is 0.0842. The van der Waals surface area contributed by atoms with Gasteiger partial charge in [0.05, 0.1) is 0 Å². The summed E-state index contributed by atoms with van der Waals surface area (Å²) in [6, 6.07) is 4.16. The Bertz CT molecular complexity index is 650. The predicted molar refractivity (Wildman–Crippen MR) is 95.8 cm³/mol. The maximum Gasteiger partial charge on any atom is 0.165 e. The van der Waals surface area contributed by atoms with Crippen LogP contribution in [-0.4, -0.2) is 10.9 Å². The highest BCUT2D eigenvalue weighted by Gasteiger charge is 2.08. The van der Waals surface area contributed by atoms with Gasteiger partial charge in [-0.3, -0.25) is 4.79 Å². The Hall–Kier alpha value is -2.42. The fourth-order valence-electron chi connectivity index (χ4n) is 1.82. The molecule has 0 saturated heterocycles. The van der Waals surface area contributed by atoms with Crippen LogP contribution in [0.2, 0.25) is 0 Å². The van der Waals surface area contributed by atoms with Gasteiger partial charge in [0.15, 0.2) is 17.3 Å². The van der Waals surface area contributed by atoms with Crippen LogP contribution in [0.4, 0.5) is 4.39 Å². The minimum Gasteiger partial charge on any atom is -0.505 e. The topological polar surface area (TPSA) is 37.3 Å². The molecule has 0 spiro atoms. The molecule has 1 aromatic carbocycles. The summed E-state index contributed by atoms with van der Waals surface area (Å²) >= 11 is 0. The molecule has 0 aliphatic rings. The van der Waals surface area contributed by atoms with E-state index in [1.807, 2.05) is 26.8 Å². The van der Waals surface area contributed by atoms with Crippen LogP contribution in [0.1, 0.15) is 40.2 Å². The van der Waals surface area contributed by atoms with Gasteiger partial charge in [0.2, 0.25) is 0 Å². The standard InChI is InChI=1S/C18H19FO2.C2H6/c1-5-6-7-16(14(4)20)13(3)10-12(2)15-8-9-18(21)17(19)11-15;1-2/h5-11,21H,3H2,1-2,4H3;1-2H3/b6-5-,12-10+,16-7+;. The van der Waals surface area contributed by atoms with E-state index in [0.717, 1.165) is 5.57 Å². The maximum absolute atomic E-state index is 13.4. The van der Waals surface area contributed by atoms with Gasteiger partial charge in [0.1, 0.15) is 0 Å². The molecule has 3 heteroatoms. The molecule has 0 aliphatic carbocycles. The SMILES string of the molecule is C=C(/C=C(\C)c1ccc(O)c(F)c1)/C(=C\C=C/C)C(C)=O.CC. The smallest absolute Gasteiger partial charge is 0.165 e. The number of carbonyl (C=O) groups excluding carboxylic acids is 1. The first-order valence-electron chi connectivity index (χ1n) is 7.57. The fourth-order valence-corrected chi connectivity index (χ4v) is 1.82. The van der Waals surface area contributed by atoms with Crippen molar-refractivity contribution >= 4 is 11.4 Å². The first-order valence-corrected chi connectivity index (χ1v) is 7.57. The highest BCUT2D eigenvalue weighted by molar-refractivity contribution is 5.99. The van der Waals surface area contributed by atoms with Gasteiger partial charge < -0.3 is 5.11 Å². The van der Waals surface area contributed by atoms with Crippen molar-refractivity contribution in [3.63, 3.8) is 0 Å². The summed E-state index contributed by atoms with van der Waals surface area (Å²) in [6.07, 6.45) is 7.02. The molecule has 0 amide bonds. The zero-order chi connectivity index (χ0) is 18.0. The predicted octanol–water partition coefficient (Wildman–Crippen LogP) is 5.61. The number of Topliss-reactive ketones (excluding diaryl/α,β-unsaturated/α-hetero) is 1. The van der Waals surface area contributed by atoms with E-state index in [0.29, 0.717) is 16.7 Å². The van der Waals surface area contributed by atoms with Crippen molar-refractivity contribution in [1.82, 2.24) is 0 Å². The summed E-state index contributed by atoms with van der Waals surface area (Å²) in [5.41, 5.74) is 2.45. The van der Waals surface area contributed by atoms with Crippen molar-refractivity contribution < 1.29 is 14.3 Å². The number of hydrogen-bond acceptors (Lipinski definition) is 2. The zero-order valence-electron chi connectivity index (χ0n) is 14.5. The second kappa shape index (κ2) is 10.3. The van der Waals surface area contributed by atoms with Crippen molar-refractivity contribution in [3.05, 3.63) is 71.6 Å². The number of aromatic hydroxyl groups is 1. The van der Waals surface area contributed by atoms with Gasteiger partial charge in [-0.25, -0.2) is 4.39 Å². The normalized spacial score (nSPS) is 11.9. The Labute approximate surface area is 138 Å². The van der Waals surface area contributed by atoms with Gasteiger partial charge in [-0.15, -0.1) is 0 Å². The number of phenolic OH excluding ortho intramolecular Hbond substituents is 1. The van der Waals surface area contributed by atoms with Crippen molar-refractivity contribution in [2.75, 3.05) is 0 Å². The maximum atomic E-state index is 13.4. The molecular formula is C20H25FO2. The quantitative estimate of drug-likeness (QED) is 0.566. The molecule has 2 nitrogen and oxygen atoms in total. The van der Waals surface area contributed by atoms with E-state index >= 15 is 0 Å². The molecule has 0 bridgehead atoms. The molecule has 0 radical (unpaired) electrons.